The number of carbonyl (C=O) groups is 2. The second-order valence-corrected chi connectivity index (χ2v) is 5.74. The zero-order valence-electron chi connectivity index (χ0n) is 13.3. The van der Waals surface area contributed by atoms with Gasteiger partial charge in [-0.1, -0.05) is 45.4 Å². The highest BCUT2D eigenvalue weighted by atomic mass is 16.4. The van der Waals surface area contributed by atoms with Gasteiger partial charge in [-0.2, -0.15) is 0 Å². The number of hydrogen-bond acceptors (Lipinski definition) is 3. The molecule has 0 fully saturated rings. The molecule has 2 N–H and O–H groups in total. The summed E-state index contributed by atoms with van der Waals surface area (Å²) in [7, 11) is 0. The Balaban J connectivity index is 2.33. The van der Waals surface area contributed by atoms with E-state index >= 15 is 0 Å². The Kier molecular flexibility index (Phi) is 8.26. The Morgan fingerprint density at radius 3 is 2.27 bits per heavy atom. The number of phenolic OH excluding ortho intramolecular Hbond substituents is 1. The molecule has 0 amide bonds. The van der Waals surface area contributed by atoms with Crippen LogP contribution in [-0.2, 0) is 11.2 Å². The van der Waals surface area contributed by atoms with Gasteiger partial charge in [0.2, 0.25) is 0 Å². The maximum Gasteiger partial charge on any atom is 0.335 e. The van der Waals surface area contributed by atoms with Crippen molar-refractivity contribution in [3.05, 3.63) is 29.3 Å². The van der Waals surface area contributed by atoms with E-state index in [2.05, 4.69) is 6.92 Å². The highest BCUT2D eigenvalue weighted by Crippen LogP contribution is 2.20. The van der Waals surface area contributed by atoms with Crippen molar-refractivity contribution in [2.24, 2.45) is 0 Å². The molecule has 0 aliphatic carbocycles. The van der Waals surface area contributed by atoms with Crippen molar-refractivity contribution in [2.45, 2.75) is 64.7 Å². The van der Waals surface area contributed by atoms with Crippen molar-refractivity contribution in [2.75, 3.05) is 0 Å². The largest absolute Gasteiger partial charge is 0.508 e. The number of Topliss-reactive ketones (excluding diaryl/α,β-unsaturated/α-hetero) is 1. The number of aromatic hydroxyl groups is 1. The Morgan fingerprint density at radius 2 is 1.64 bits per heavy atom. The molecule has 0 heterocycles. The third kappa shape index (κ3) is 6.74. The predicted octanol–water partition coefficient (Wildman–Crippen LogP) is 4.34. The molecule has 1 rings (SSSR count). The SMILES string of the molecule is CCCCCCCCCC(=O)Cc1cc(C(=O)O)ccc1O. The van der Waals surface area contributed by atoms with Crippen molar-refractivity contribution in [1.82, 2.24) is 0 Å². The molecule has 22 heavy (non-hydrogen) atoms. The maximum absolute atomic E-state index is 11.9. The lowest BCUT2D eigenvalue weighted by atomic mass is 10.0. The second-order valence-electron chi connectivity index (χ2n) is 5.74. The smallest absolute Gasteiger partial charge is 0.335 e. The predicted molar refractivity (Wildman–Crippen MR) is 86.4 cm³/mol. The van der Waals surface area contributed by atoms with Crippen LogP contribution < -0.4 is 0 Å². The zero-order chi connectivity index (χ0) is 16.4. The number of phenols is 1. The average Bonchev–Trinajstić information content (AvgIpc) is 2.48. The summed E-state index contributed by atoms with van der Waals surface area (Å²) in [6.07, 6.45) is 8.67. The normalized spacial score (nSPS) is 10.6. The fourth-order valence-electron chi connectivity index (χ4n) is 2.44. The Bertz CT molecular complexity index is 494. The molecule has 1 aromatic carbocycles. The van der Waals surface area contributed by atoms with Gasteiger partial charge >= 0.3 is 5.97 Å². The first-order valence-electron chi connectivity index (χ1n) is 8.11. The average molecular weight is 306 g/mol. The highest BCUT2D eigenvalue weighted by Gasteiger charge is 2.11. The Morgan fingerprint density at radius 1 is 1.00 bits per heavy atom. The molecule has 0 saturated heterocycles. The first kappa shape index (κ1) is 18.2. The highest BCUT2D eigenvalue weighted by molar-refractivity contribution is 5.89. The number of benzene rings is 1. The van der Waals surface area contributed by atoms with Gasteiger partial charge in [0.05, 0.1) is 5.56 Å². The van der Waals surface area contributed by atoms with E-state index in [-0.39, 0.29) is 23.5 Å². The van der Waals surface area contributed by atoms with Gasteiger partial charge in [-0.25, -0.2) is 4.79 Å². The van der Waals surface area contributed by atoms with Crippen LogP contribution >= 0.6 is 0 Å². The van der Waals surface area contributed by atoms with Gasteiger partial charge in [-0.05, 0) is 24.6 Å². The number of carbonyl (C=O) groups excluding carboxylic acids is 1. The maximum atomic E-state index is 11.9. The van der Waals surface area contributed by atoms with Gasteiger partial charge in [0, 0.05) is 18.4 Å². The number of rotatable bonds is 11. The lowest BCUT2D eigenvalue weighted by Gasteiger charge is -2.06. The van der Waals surface area contributed by atoms with Crippen LogP contribution in [0.4, 0.5) is 0 Å². The van der Waals surface area contributed by atoms with Crippen molar-refractivity contribution >= 4 is 11.8 Å². The summed E-state index contributed by atoms with van der Waals surface area (Å²) in [6, 6.07) is 4.04. The van der Waals surface area contributed by atoms with Gasteiger partial charge in [0.25, 0.3) is 0 Å². The first-order valence-corrected chi connectivity index (χ1v) is 8.11. The fourth-order valence-corrected chi connectivity index (χ4v) is 2.44. The number of aromatic carboxylic acids is 1. The van der Waals surface area contributed by atoms with Crippen LogP contribution in [0.5, 0.6) is 5.75 Å². The molecular weight excluding hydrogens is 280 g/mol. The molecule has 0 aromatic heterocycles. The van der Waals surface area contributed by atoms with Crippen LogP contribution in [0.25, 0.3) is 0 Å². The van der Waals surface area contributed by atoms with E-state index in [0.717, 1.165) is 19.3 Å². The molecule has 4 heteroatoms. The second kappa shape index (κ2) is 9.98. The van der Waals surface area contributed by atoms with Gasteiger partial charge in [-0.15, -0.1) is 0 Å². The standard InChI is InChI=1S/C18H26O4/c1-2-3-4-5-6-7-8-9-16(19)13-15-12-14(18(21)22)10-11-17(15)20/h10-12,20H,2-9,13H2,1H3,(H,21,22). The molecular formula is C18H26O4. The number of carboxylic acids is 1. The van der Waals surface area contributed by atoms with Gasteiger partial charge in [-0.3, -0.25) is 4.79 Å². The topological polar surface area (TPSA) is 74.6 Å². The molecule has 0 aliphatic heterocycles. The minimum Gasteiger partial charge on any atom is -0.508 e. The number of hydrogen-bond donors (Lipinski definition) is 2. The molecule has 0 bridgehead atoms. The van der Waals surface area contributed by atoms with E-state index < -0.39 is 5.97 Å². The summed E-state index contributed by atoms with van der Waals surface area (Å²) in [5.41, 5.74) is 0.490. The van der Waals surface area contributed by atoms with E-state index in [4.69, 9.17) is 5.11 Å². The van der Waals surface area contributed by atoms with Crippen LogP contribution in [-0.4, -0.2) is 22.0 Å². The Hall–Kier alpha value is -1.84. The minimum absolute atomic E-state index is 0.0158. The van der Waals surface area contributed by atoms with E-state index in [1.165, 1.54) is 43.9 Å². The van der Waals surface area contributed by atoms with Crippen LogP contribution in [0, 0.1) is 0 Å². The number of carboxylic acid groups (broad SMARTS) is 1. The third-order valence-electron chi connectivity index (χ3n) is 3.77. The van der Waals surface area contributed by atoms with Crippen molar-refractivity contribution in [3.8, 4) is 5.75 Å². The molecule has 0 atom stereocenters. The molecule has 0 radical (unpaired) electrons. The molecule has 4 nitrogen and oxygen atoms in total. The quantitative estimate of drug-likeness (QED) is 0.596. The Labute approximate surface area is 132 Å². The van der Waals surface area contributed by atoms with E-state index in [9.17, 15) is 14.7 Å². The molecule has 0 unspecified atom stereocenters. The molecule has 0 spiro atoms. The number of ketones is 1. The number of unbranched alkanes of at least 4 members (excludes halogenated alkanes) is 6. The van der Waals surface area contributed by atoms with E-state index in [0.29, 0.717) is 12.0 Å². The minimum atomic E-state index is -1.05. The molecule has 0 saturated carbocycles. The summed E-state index contributed by atoms with van der Waals surface area (Å²) in [4.78, 5) is 22.8. The van der Waals surface area contributed by atoms with Crippen LogP contribution in [0.15, 0.2) is 18.2 Å². The summed E-state index contributed by atoms with van der Waals surface area (Å²) >= 11 is 0. The summed E-state index contributed by atoms with van der Waals surface area (Å²) < 4.78 is 0. The van der Waals surface area contributed by atoms with Gasteiger partial charge < -0.3 is 10.2 Å². The van der Waals surface area contributed by atoms with Gasteiger partial charge in [0.1, 0.15) is 11.5 Å². The molecule has 0 aliphatic rings. The van der Waals surface area contributed by atoms with Crippen LogP contribution in [0.1, 0.15) is 74.2 Å². The zero-order valence-corrected chi connectivity index (χ0v) is 13.3. The summed E-state index contributed by atoms with van der Waals surface area (Å²) in [6.45, 7) is 2.19. The first-order chi connectivity index (χ1) is 10.5. The van der Waals surface area contributed by atoms with Crippen molar-refractivity contribution in [3.63, 3.8) is 0 Å². The monoisotopic (exact) mass is 306 g/mol. The summed E-state index contributed by atoms with van der Waals surface area (Å²) in [5.74, 6) is -1.02. The lowest BCUT2D eigenvalue weighted by molar-refractivity contribution is -0.118. The molecule has 1 aromatic rings. The molecule has 122 valence electrons. The third-order valence-corrected chi connectivity index (χ3v) is 3.77. The van der Waals surface area contributed by atoms with E-state index in [1.54, 1.807) is 0 Å². The van der Waals surface area contributed by atoms with Crippen LogP contribution in [0.2, 0.25) is 0 Å². The fraction of sp³-hybridized carbons (Fsp3) is 0.556. The lowest BCUT2D eigenvalue weighted by Crippen LogP contribution is -2.05. The van der Waals surface area contributed by atoms with Crippen molar-refractivity contribution < 1.29 is 19.8 Å². The van der Waals surface area contributed by atoms with Crippen LogP contribution in [0.3, 0.4) is 0 Å². The van der Waals surface area contributed by atoms with Crippen molar-refractivity contribution in [1.29, 1.82) is 0 Å². The van der Waals surface area contributed by atoms with Gasteiger partial charge in [0.15, 0.2) is 0 Å². The van der Waals surface area contributed by atoms with E-state index in [1.807, 2.05) is 0 Å². The summed E-state index contributed by atoms with van der Waals surface area (Å²) in [5, 5.41) is 18.6.